The molecule has 0 atom stereocenters. The van der Waals surface area contributed by atoms with Crippen molar-refractivity contribution in [3.63, 3.8) is 0 Å². The first-order chi connectivity index (χ1) is 5.27. The zero-order valence-electron chi connectivity index (χ0n) is 6.49. The second-order valence-electron chi connectivity index (χ2n) is 2.27. The van der Waals surface area contributed by atoms with E-state index >= 15 is 0 Å². The molecule has 0 aromatic rings. The minimum absolute atomic E-state index is 0.190. The lowest BCUT2D eigenvalue weighted by Crippen LogP contribution is -1.91. The molecule has 0 saturated carbocycles. The lowest BCUT2D eigenvalue weighted by Gasteiger charge is -1.88. The highest BCUT2D eigenvalue weighted by atomic mass is 16.4. The topological polar surface area (TPSA) is 57.5 Å². The van der Waals surface area contributed by atoms with E-state index in [1.54, 1.807) is 0 Å². The van der Waals surface area contributed by atoms with E-state index in [1.807, 2.05) is 12.2 Å². The summed E-state index contributed by atoms with van der Waals surface area (Å²) in [6, 6.07) is 0. The quantitative estimate of drug-likeness (QED) is 0.450. The van der Waals surface area contributed by atoms with Crippen LogP contribution in [0.25, 0.3) is 0 Å². The van der Waals surface area contributed by atoms with Crippen LogP contribution in [0.5, 0.6) is 0 Å². The van der Waals surface area contributed by atoms with Crippen LogP contribution in [-0.2, 0) is 4.79 Å². The fraction of sp³-hybridized carbons (Fsp3) is 0.625. The number of aliphatic hydroxyl groups excluding tert-OH is 1. The van der Waals surface area contributed by atoms with Gasteiger partial charge in [-0.1, -0.05) is 12.2 Å². The first-order valence-electron chi connectivity index (χ1n) is 3.75. The number of aliphatic carboxylic acids is 1. The normalized spacial score (nSPS) is 10.6. The number of allylic oxidation sites excluding steroid dienone is 2. The highest BCUT2D eigenvalue weighted by Gasteiger charge is 1.90. The molecule has 0 radical (unpaired) electrons. The number of unbranched alkanes of at least 4 members (excludes halogenated alkanes) is 1. The van der Waals surface area contributed by atoms with Crippen molar-refractivity contribution in [2.24, 2.45) is 0 Å². The molecule has 0 aliphatic carbocycles. The molecule has 2 N–H and O–H groups in total. The summed E-state index contributed by atoms with van der Waals surface area (Å²) in [5, 5.41) is 16.6. The zero-order chi connectivity index (χ0) is 8.53. The molecule has 0 amide bonds. The zero-order valence-corrected chi connectivity index (χ0v) is 6.49. The van der Waals surface area contributed by atoms with Crippen LogP contribution < -0.4 is 0 Å². The van der Waals surface area contributed by atoms with Crippen LogP contribution in [0.3, 0.4) is 0 Å². The number of hydrogen-bond donors (Lipinski definition) is 2. The third-order valence-corrected chi connectivity index (χ3v) is 1.22. The second kappa shape index (κ2) is 7.28. The van der Waals surface area contributed by atoms with Crippen LogP contribution in [0.2, 0.25) is 0 Å². The van der Waals surface area contributed by atoms with Gasteiger partial charge in [0.1, 0.15) is 0 Å². The molecule has 0 spiro atoms. The van der Waals surface area contributed by atoms with Gasteiger partial charge in [-0.05, 0) is 19.3 Å². The summed E-state index contributed by atoms with van der Waals surface area (Å²) in [6.45, 7) is 0.198. The van der Waals surface area contributed by atoms with Gasteiger partial charge in [0.15, 0.2) is 0 Å². The molecule has 0 aromatic heterocycles. The van der Waals surface area contributed by atoms with Gasteiger partial charge in [0.05, 0.1) is 0 Å². The first kappa shape index (κ1) is 10.2. The van der Waals surface area contributed by atoms with Crippen molar-refractivity contribution >= 4 is 5.97 Å². The molecule has 0 fully saturated rings. The van der Waals surface area contributed by atoms with Crippen LogP contribution in [0, 0.1) is 0 Å². The Hall–Kier alpha value is -0.830. The molecule has 0 saturated heterocycles. The highest BCUT2D eigenvalue weighted by molar-refractivity contribution is 5.66. The van der Waals surface area contributed by atoms with E-state index in [1.165, 1.54) is 0 Å². The summed E-state index contributed by atoms with van der Waals surface area (Å²) in [5.74, 6) is -0.767. The molecule has 3 nitrogen and oxygen atoms in total. The van der Waals surface area contributed by atoms with Crippen molar-refractivity contribution in [1.82, 2.24) is 0 Å². The Morgan fingerprint density at radius 2 is 1.91 bits per heavy atom. The Morgan fingerprint density at radius 3 is 2.45 bits per heavy atom. The van der Waals surface area contributed by atoms with Gasteiger partial charge in [0.25, 0.3) is 0 Å². The summed E-state index contributed by atoms with van der Waals surface area (Å²) in [4.78, 5) is 10.0. The smallest absolute Gasteiger partial charge is 0.303 e. The molecule has 0 heterocycles. The van der Waals surface area contributed by atoms with Gasteiger partial charge in [-0.15, -0.1) is 0 Å². The van der Waals surface area contributed by atoms with Gasteiger partial charge in [0.2, 0.25) is 0 Å². The van der Waals surface area contributed by atoms with E-state index in [0.29, 0.717) is 6.42 Å². The van der Waals surface area contributed by atoms with Crippen LogP contribution in [0.1, 0.15) is 25.7 Å². The van der Waals surface area contributed by atoms with E-state index < -0.39 is 5.97 Å². The van der Waals surface area contributed by atoms with E-state index in [9.17, 15) is 4.79 Å². The number of hydrogen-bond acceptors (Lipinski definition) is 2. The van der Waals surface area contributed by atoms with Crippen molar-refractivity contribution in [2.75, 3.05) is 6.61 Å². The van der Waals surface area contributed by atoms with Crippen LogP contribution in [-0.4, -0.2) is 22.8 Å². The molecule has 0 aliphatic heterocycles. The molecule has 0 aliphatic rings. The summed E-state index contributed by atoms with van der Waals surface area (Å²) in [5.41, 5.74) is 0. The van der Waals surface area contributed by atoms with Crippen molar-refractivity contribution in [2.45, 2.75) is 25.7 Å². The van der Waals surface area contributed by atoms with E-state index in [2.05, 4.69) is 0 Å². The minimum Gasteiger partial charge on any atom is -0.481 e. The third-order valence-electron chi connectivity index (χ3n) is 1.22. The SMILES string of the molecule is O=C(O)CC/C=C/CCCO. The number of rotatable bonds is 6. The van der Waals surface area contributed by atoms with E-state index in [0.717, 1.165) is 12.8 Å². The lowest BCUT2D eigenvalue weighted by atomic mass is 10.2. The lowest BCUT2D eigenvalue weighted by molar-refractivity contribution is -0.136. The Kier molecular flexibility index (Phi) is 6.73. The summed E-state index contributed by atoms with van der Waals surface area (Å²) in [6.07, 6.45) is 6.10. The van der Waals surface area contributed by atoms with E-state index in [4.69, 9.17) is 10.2 Å². The maximum atomic E-state index is 10.0. The molecular weight excluding hydrogens is 144 g/mol. The van der Waals surface area contributed by atoms with Gasteiger partial charge in [0, 0.05) is 13.0 Å². The molecule has 0 unspecified atom stereocenters. The van der Waals surface area contributed by atoms with Crippen molar-refractivity contribution in [3.8, 4) is 0 Å². The molecule has 11 heavy (non-hydrogen) atoms. The van der Waals surface area contributed by atoms with Crippen LogP contribution in [0.15, 0.2) is 12.2 Å². The van der Waals surface area contributed by atoms with Crippen molar-refractivity contribution < 1.29 is 15.0 Å². The predicted molar refractivity (Wildman–Crippen MR) is 42.3 cm³/mol. The maximum absolute atomic E-state index is 10.0. The molecule has 3 heteroatoms. The Labute approximate surface area is 66.4 Å². The molecule has 64 valence electrons. The predicted octanol–water partition coefficient (Wildman–Crippen LogP) is 1.18. The van der Waals surface area contributed by atoms with Gasteiger partial charge in [-0.25, -0.2) is 0 Å². The fourth-order valence-electron chi connectivity index (χ4n) is 0.652. The summed E-state index contributed by atoms with van der Waals surface area (Å²) in [7, 11) is 0. The number of carboxylic acids is 1. The largest absolute Gasteiger partial charge is 0.481 e. The molecular formula is C8H14O3. The average molecular weight is 158 g/mol. The summed E-state index contributed by atoms with van der Waals surface area (Å²) >= 11 is 0. The Morgan fingerprint density at radius 1 is 1.27 bits per heavy atom. The number of aliphatic hydroxyl groups is 1. The Bertz CT molecular complexity index is 129. The minimum atomic E-state index is -0.767. The second-order valence-corrected chi connectivity index (χ2v) is 2.27. The number of carbonyl (C=O) groups is 1. The van der Waals surface area contributed by atoms with Gasteiger partial charge < -0.3 is 10.2 Å². The Balaban J connectivity index is 3.10. The van der Waals surface area contributed by atoms with E-state index in [-0.39, 0.29) is 13.0 Å². The van der Waals surface area contributed by atoms with Gasteiger partial charge >= 0.3 is 5.97 Å². The number of carboxylic acid groups (broad SMARTS) is 1. The van der Waals surface area contributed by atoms with Crippen LogP contribution in [0.4, 0.5) is 0 Å². The molecule has 0 aromatic carbocycles. The first-order valence-corrected chi connectivity index (χ1v) is 3.75. The van der Waals surface area contributed by atoms with Gasteiger partial charge in [-0.2, -0.15) is 0 Å². The third kappa shape index (κ3) is 9.17. The monoisotopic (exact) mass is 158 g/mol. The van der Waals surface area contributed by atoms with Gasteiger partial charge in [-0.3, -0.25) is 4.79 Å². The van der Waals surface area contributed by atoms with Crippen molar-refractivity contribution in [1.29, 1.82) is 0 Å². The average Bonchev–Trinajstić information content (AvgIpc) is 1.96. The molecule has 0 rings (SSSR count). The summed E-state index contributed by atoms with van der Waals surface area (Å²) < 4.78 is 0. The standard InChI is InChI=1S/C8H14O3/c9-7-5-3-1-2-4-6-8(10)11/h1-2,9H,3-7H2,(H,10,11)/b2-1+. The maximum Gasteiger partial charge on any atom is 0.303 e. The van der Waals surface area contributed by atoms with Crippen LogP contribution >= 0.6 is 0 Å². The molecule has 0 bridgehead atoms. The highest BCUT2D eigenvalue weighted by Crippen LogP contribution is 1.94. The fourth-order valence-corrected chi connectivity index (χ4v) is 0.652. The van der Waals surface area contributed by atoms with Crippen molar-refractivity contribution in [3.05, 3.63) is 12.2 Å².